The molecule has 3 unspecified atom stereocenters. The lowest BCUT2D eigenvalue weighted by molar-refractivity contribution is -0.123. The number of rotatable bonds is 3. The van der Waals surface area contributed by atoms with Gasteiger partial charge < -0.3 is 10.6 Å². The van der Waals surface area contributed by atoms with Crippen LogP contribution in [-0.2, 0) is 4.79 Å². The second-order valence-corrected chi connectivity index (χ2v) is 8.20. The SMILES string of the molecule is CC1(C)CCCC(NC(=O)CC2CC3CCC(C2)N3)C1. The topological polar surface area (TPSA) is 41.1 Å². The number of amides is 1. The van der Waals surface area contributed by atoms with E-state index in [0.29, 0.717) is 35.4 Å². The smallest absolute Gasteiger partial charge is 0.220 e. The second kappa shape index (κ2) is 5.67. The van der Waals surface area contributed by atoms with E-state index in [1.165, 1.54) is 44.9 Å². The molecule has 3 nitrogen and oxygen atoms in total. The number of hydrogen-bond donors (Lipinski definition) is 2. The van der Waals surface area contributed by atoms with E-state index in [2.05, 4.69) is 24.5 Å². The predicted octanol–water partition coefficient (Wildman–Crippen LogP) is 2.99. The minimum atomic E-state index is 0.305. The van der Waals surface area contributed by atoms with Crippen LogP contribution in [0.3, 0.4) is 0 Å². The van der Waals surface area contributed by atoms with Gasteiger partial charge in [-0.25, -0.2) is 0 Å². The molecule has 114 valence electrons. The van der Waals surface area contributed by atoms with Gasteiger partial charge in [-0.3, -0.25) is 4.79 Å². The Hall–Kier alpha value is -0.570. The fraction of sp³-hybridized carbons (Fsp3) is 0.941. The standard InChI is InChI=1S/C17H30N2O/c1-17(2)7-3-4-15(11-17)19-16(20)10-12-8-13-5-6-14(9-12)18-13/h12-15,18H,3-11H2,1-2H3,(H,19,20). The fourth-order valence-corrected chi connectivity index (χ4v) is 4.71. The summed E-state index contributed by atoms with van der Waals surface area (Å²) in [6, 6.07) is 1.81. The molecule has 0 aromatic carbocycles. The van der Waals surface area contributed by atoms with Gasteiger partial charge in [-0.2, -0.15) is 0 Å². The van der Waals surface area contributed by atoms with Crippen LogP contribution < -0.4 is 10.6 Å². The van der Waals surface area contributed by atoms with Crippen LogP contribution in [0.25, 0.3) is 0 Å². The van der Waals surface area contributed by atoms with Crippen LogP contribution >= 0.6 is 0 Å². The number of fused-ring (bicyclic) bond motifs is 2. The molecule has 1 saturated carbocycles. The molecule has 2 N–H and O–H groups in total. The van der Waals surface area contributed by atoms with Crippen molar-refractivity contribution in [1.82, 2.24) is 10.6 Å². The summed E-state index contributed by atoms with van der Waals surface area (Å²) in [7, 11) is 0. The third-order valence-corrected chi connectivity index (χ3v) is 5.62. The highest BCUT2D eigenvalue weighted by Crippen LogP contribution is 2.36. The number of carbonyl (C=O) groups excluding carboxylic acids is 1. The maximum atomic E-state index is 12.3. The van der Waals surface area contributed by atoms with Crippen molar-refractivity contribution in [2.45, 2.75) is 89.8 Å². The Balaban J connectivity index is 1.45. The minimum absolute atomic E-state index is 0.305. The second-order valence-electron chi connectivity index (χ2n) is 8.20. The quantitative estimate of drug-likeness (QED) is 0.833. The summed E-state index contributed by atoms with van der Waals surface area (Å²) in [6.07, 6.45) is 10.7. The Morgan fingerprint density at radius 2 is 1.90 bits per heavy atom. The van der Waals surface area contributed by atoms with Gasteiger partial charge in [0.2, 0.25) is 5.91 Å². The Kier molecular flexibility index (Phi) is 4.07. The van der Waals surface area contributed by atoms with Gasteiger partial charge in [0.05, 0.1) is 0 Å². The number of nitrogens with one attached hydrogen (secondary N) is 2. The summed E-state index contributed by atoms with van der Waals surface area (Å²) in [4.78, 5) is 12.3. The zero-order valence-corrected chi connectivity index (χ0v) is 13.1. The van der Waals surface area contributed by atoms with Crippen LogP contribution in [0.1, 0.15) is 71.6 Å². The van der Waals surface area contributed by atoms with Gasteiger partial charge in [0.15, 0.2) is 0 Å². The summed E-state index contributed by atoms with van der Waals surface area (Å²) < 4.78 is 0. The average Bonchev–Trinajstić information content (AvgIpc) is 2.67. The molecular formula is C17H30N2O. The third kappa shape index (κ3) is 3.55. The first-order valence-electron chi connectivity index (χ1n) is 8.56. The Morgan fingerprint density at radius 3 is 2.55 bits per heavy atom. The van der Waals surface area contributed by atoms with Crippen molar-refractivity contribution >= 4 is 5.91 Å². The van der Waals surface area contributed by atoms with E-state index in [9.17, 15) is 4.79 Å². The maximum absolute atomic E-state index is 12.3. The largest absolute Gasteiger partial charge is 0.353 e. The van der Waals surface area contributed by atoms with Gasteiger partial charge >= 0.3 is 0 Å². The van der Waals surface area contributed by atoms with E-state index < -0.39 is 0 Å². The maximum Gasteiger partial charge on any atom is 0.220 e. The molecule has 0 radical (unpaired) electrons. The third-order valence-electron chi connectivity index (χ3n) is 5.62. The Bertz CT molecular complexity index is 348. The van der Waals surface area contributed by atoms with Crippen molar-refractivity contribution in [2.75, 3.05) is 0 Å². The van der Waals surface area contributed by atoms with Crippen LogP contribution in [-0.4, -0.2) is 24.0 Å². The van der Waals surface area contributed by atoms with Gasteiger partial charge in [-0.05, 0) is 56.3 Å². The molecular weight excluding hydrogens is 248 g/mol. The zero-order valence-electron chi connectivity index (χ0n) is 13.1. The lowest BCUT2D eigenvalue weighted by Crippen LogP contribution is -2.43. The Morgan fingerprint density at radius 1 is 1.20 bits per heavy atom. The van der Waals surface area contributed by atoms with Crippen molar-refractivity contribution in [3.05, 3.63) is 0 Å². The molecule has 3 heteroatoms. The van der Waals surface area contributed by atoms with Crippen molar-refractivity contribution < 1.29 is 4.79 Å². The number of carbonyl (C=O) groups is 1. The fourth-order valence-electron chi connectivity index (χ4n) is 4.71. The van der Waals surface area contributed by atoms with Crippen LogP contribution in [0.5, 0.6) is 0 Å². The van der Waals surface area contributed by atoms with Crippen molar-refractivity contribution in [3.8, 4) is 0 Å². The van der Waals surface area contributed by atoms with E-state index in [0.717, 1.165) is 12.8 Å². The Labute approximate surface area is 123 Å². The van der Waals surface area contributed by atoms with Crippen molar-refractivity contribution in [3.63, 3.8) is 0 Å². The van der Waals surface area contributed by atoms with Crippen molar-refractivity contribution in [2.24, 2.45) is 11.3 Å². The lowest BCUT2D eigenvalue weighted by Gasteiger charge is -2.36. The van der Waals surface area contributed by atoms with Gasteiger partial charge in [0.1, 0.15) is 0 Å². The first-order chi connectivity index (χ1) is 9.50. The molecule has 0 aromatic heterocycles. The molecule has 3 aliphatic rings. The monoisotopic (exact) mass is 278 g/mol. The predicted molar refractivity (Wildman–Crippen MR) is 81.5 cm³/mol. The highest BCUT2D eigenvalue weighted by molar-refractivity contribution is 5.76. The first kappa shape index (κ1) is 14.4. The van der Waals surface area contributed by atoms with Crippen LogP contribution in [0.2, 0.25) is 0 Å². The van der Waals surface area contributed by atoms with Crippen LogP contribution in [0.4, 0.5) is 0 Å². The minimum Gasteiger partial charge on any atom is -0.353 e. The van der Waals surface area contributed by atoms with Gasteiger partial charge in [-0.15, -0.1) is 0 Å². The molecule has 20 heavy (non-hydrogen) atoms. The zero-order chi connectivity index (χ0) is 14.2. The van der Waals surface area contributed by atoms with Crippen molar-refractivity contribution in [1.29, 1.82) is 0 Å². The molecule has 1 amide bonds. The lowest BCUT2D eigenvalue weighted by atomic mass is 9.75. The van der Waals surface area contributed by atoms with E-state index in [1.807, 2.05) is 0 Å². The average molecular weight is 278 g/mol. The van der Waals surface area contributed by atoms with Crippen LogP contribution in [0.15, 0.2) is 0 Å². The van der Waals surface area contributed by atoms with E-state index >= 15 is 0 Å². The summed E-state index contributed by atoms with van der Waals surface area (Å²) in [5.41, 5.74) is 0.407. The summed E-state index contributed by atoms with van der Waals surface area (Å²) >= 11 is 0. The van der Waals surface area contributed by atoms with Gasteiger partial charge in [-0.1, -0.05) is 20.3 Å². The summed E-state index contributed by atoms with van der Waals surface area (Å²) in [6.45, 7) is 4.66. The summed E-state index contributed by atoms with van der Waals surface area (Å²) in [5.74, 6) is 0.921. The highest BCUT2D eigenvalue weighted by Gasteiger charge is 2.35. The van der Waals surface area contributed by atoms with E-state index in [4.69, 9.17) is 0 Å². The molecule has 0 aromatic rings. The molecule has 3 rings (SSSR count). The van der Waals surface area contributed by atoms with Crippen LogP contribution in [0, 0.1) is 11.3 Å². The highest BCUT2D eigenvalue weighted by atomic mass is 16.1. The molecule has 0 spiro atoms. The molecule has 3 fully saturated rings. The summed E-state index contributed by atoms with van der Waals surface area (Å²) in [5, 5.41) is 6.97. The number of piperidine rings is 1. The molecule has 1 aliphatic carbocycles. The van der Waals surface area contributed by atoms with Gasteiger partial charge in [0, 0.05) is 24.5 Å². The molecule has 2 heterocycles. The molecule has 2 bridgehead atoms. The van der Waals surface area contributed by atoms with E-state index in [1.54, 1.807) is 0 Å². The molecule has 3 atom stereocenters. The van der Waals surface area contributed by atoms with E-state index in [-0.39, 0.29) is 0 Å². The first-order valence-corrected chi connectivity index (χ1v) is 8.56. The normalized spacial score (nSPS) is 39.5. The molecule has 2 aliphatic heterocycles. The van der Waals surface area contributed by atoms with Gasteiger partial charge in [0.25, 0.3) is 0 Å². The number of hydrogen-bond acceptors (Lipinski definition) is 2. The molecule has 2 saturated heterocycles.